The van der Waals surface area contributed by atoms with Crippen LogP contribution in [0.1, 0.15) is 17.3 Å². The molecule has 0 radical (unpaired) electrons. The number of carbonyl (C=O) groups excluding carboxylic acids is 1. The van der Waals surface area contributed by atoms with Gasteiger partial charge in [-0.25, -0.2) is 8.42 Å². The van der Waals surface area contributed by atoms with Gasteiger partial charge < -0.3 is 9.72 Å². The number of aromatic nitrogens is 3. The predicted octanol–water partition coefficient (Wildman–Crippen LogP) is 2.26. The fourth-order valence-corrected chi connectivity index (χ4v) is 3.32. The average Bonchev–Trinajstić information content (AvgIpc) is 3.15. The Morgan fingerprint density at radius 1 is 1.19 bits per heavy atom. The predicted molar refractivity (Wildman–Crippen MR) is 99.2 cm³/mol. The van der Waals surface area contributed by atoms with Gasteiger partial charge in [-0.1, -0.05) is 6.07 Å². The van der Waals surface area contributed by atoms with Crippen LogP contribution in [-0.4, -0.2) is 36.1 Å². The second-order valence-corrected chi connectivity index (χ2v) is 7.06. The molecule has 1 amide bonds. The van der Waals surface area contributed by atoms with Crippen LogP contribution >= 0.6 is 0 Å². The minimum absolute atomic E-state index is 0.0856. The molecule has 9 nitrogen and oxygen atoms in total. The Bertz CT molecular complexity index is 1020. The molecule has 0 aliphatic carbocycles. The van der Waals surface area contributed by atoms with Crippen LogP contribution in [0.3, 0.4) is 0 Å². The summed E-state index contributed by atoms with van der Waals surface area (Å²) in [7, 11) is -3.80. The normalized spacial score (nSPS) is 11.0. The molecule has 0 aliphatic rings. The number of sulfonamides is 1. The van der Waals surface area contributed by atoms with E-state index in [1.54, 1.807) is 30.3 Å². The largest absolute Gasteiger partial charge is 0.494 e. The Morgan fingerprint density at radius 3 is 2.63 bits per heavy atom. The van der Waals surface area contributed by atoms with Crippen molar-refractivity contribution in [1.29, 1.82) is 0 Å². The molecule has 0 spiro atoms. The maximum absolute atomic E-state index is 12.5. The average molecular weight is 387 g/mol. The molecule has 1 heterocycles. The highest BCUT2D eigenvalue weighted by atomic mass is 32.2. The second-order valence-electron chi connectivity index (χ2n) is 5.38. The first-order valence-corrected chi connectivity index (χ1v) is 9.49. The van der Waals surface area contributed by atoms with Crippen molar-refractivity contribution in [2.24, 2.45) is 0 Å². The number of anilines is 2. The first-order chi connectivity index (χ1) is 13.0. The van der Waals surface area contributed by atoms with E-state index < -0.39 is 15.9 Å². The summed E-state index contributed by atoms with van der Waals surface area (Å²) in [6.07, 6.45) is 1.33. The van der Waals surface area contributed by atoms with Gasteiger partial charge in [0.05, 0.1) is 11.5 Å². The van der Waals surface area contributed by atoms with Crippen LogP contribution < -0.4 is 14.8 Å². The smallest absolute Gasteiger partial charge is 0.261 e. The Hall–Kier alpha value is -3.40. The Labute approximate surface area is 155 Å². The van der Waals surface area contributed by atoms with E-state index in [-0.39, 0.29) is 22.1 Å². The lowest BCUT2D eigenvalue weighted by Crippen LogP contribution is -2.15. The van der Waals surface area contributed by atoms with Crippen LogP contribution in [0.5, 0.6) is 5.75 Å². The summed E-state index contributed by atoms with van der Waals surface area (Å²) in [5, 5.41) is 9.75. The lowest BCUT2D eigenvalue weighted by atomic mass is 10.2. The lowest BCUT2D eigenvalue weighted by Gasteiger charge is -2.10. The van der Waals surface area contributed by atoms with Crippen LogP contribution in [0, 0.1) is 0 Å². The van der Waals surface area contributed by atoms with Crippen LogP contribution in [0.2, 0.25) is 0 Å². The number of benzene rings is 2. The SMILES string of the molecule is CCOc1ccc(S(=O)(=O)Nc2cccc(C(=O)Nc3nnc[nH]3)c2)cc1. The van der Waals surface area contributed by atoms with E-state index in [1.165, 1.54) is 24.5 Å². The fourth-order valence-electron chi connectivity index (χ4n) is 2.27. The first kappa shape index (κ1) is 18.4. The number of hydrogen-bond acceptors (Lipinski definition) is 6. The molecule has 0 bridgehead atoms. The van der Waals surface area contributed by atoms with Crippen molar-refractivity contribution in [3.63, 3.8) is 0 Å². The summed E-state index contributed by atoms with van der Waals surface area (Å²) < 4.78 is 32.8. The van der Waals surface area contributed by atoms with E-state index in [2.05, 4.69) is 25.2 Å². The van der Waals surface area contributed by atoms with Gasteiger partial charge >= 0.3 is 0 Å². The summed E-state index contributed by atoms with van der Waals surface area (Å²) >= 11 is 0. The molecule has 0 atom stereocenters. The lowest BCUT2D eigenvalue weighted by molar-refractivity contribution is 0.102. The van der Waals surface area contributed by atoms with Crippen LogP contribution in [0.15, 0.2) is 59.8 Å². The molecule has 0 fully saturated rings. The maximum Gasteiger partial charge on any atom is 0.261 e. The standard InChI is InChI=1S/C17H17N5O4S/c1-2-26-14-6-8-15(9-7-14)27(24,25)22-13-5-3-4-12(10-13)16(23)20-17-18-11-19-21-17/h3-11,22H,2H2,1H3,(H2,18,19,20,21,23). The fraction of sp³-hybridized carbons (Fsp3) is 0.118. The quantitative estimate of drug-likeness (QED) is 0.571. The van der Waals surface area contributed by atoms with Crippen molar-refractivity contribution in [1.82, 2.24) is 15.2 Å². The van der Waals surface area contributed by atoms with E-state index in [9.17, 15) is 13.2 Å². The number of hydrogen-bond donors (Lipinski definition) is 3. The molecule has 3 N–H and O–H groups in total. The molecule has 27 heavy (non-hydrogen) atoms. The zero-order valence-electron chi connectivity index (χ0n) is 14.3. The monoisotopic (exact) mass is 387 g/mol. The molecular weight excluding hydrogens is 370 g/mol. The summed E-state index contributed by atoms with van der Waals surface area (Å²) in [6.45, 7) is 2.34. The van der Waals surface area contributed by atoms with Crippen LogP contribution in [0.4, 0.5) is 11.6 Å². The number of nitrogens with one attached hydrogen (secondary N) is 3. The minimum atomic E-state index is -3.80. The number of aromatic amines is 1. The molecule has 0 saturated carbocycles. The minimum Gasteiger partial charge on any atom is -0.494 e. The molecular formula is C17H17N5O4S. The van der Waals surface area contributed by atoms with E-state index >= 15 is 0 Å². The van der Waals surface area contributed by atoms with Crippen molar-refractivity contribution in [3.8, 4) is 5.75 Å². The van der Waals surface area contributed by atoms with Crippen molar-refractivity contribution in [2.75, 3.05) is 16.6 Å². The molecule has 0 aliphatic heterocycles. The first-order valence-electron chi connectivity index (χ1n) is 8.01. The molecule has 0 saturated heterocycles. The highest BCUT2D eigenvalue weighted by Gasteiger charge is 2.15. The highest BCUT2D eigenvalue weighted by molar-refractivity contribution is 7.92. The molecule has 10 heteroatoms. The van der Waals surface area contributed by atoms with Crippen LogP contribution in [-0.2, 0) is 10.0 Å². The van der Waals surface area contributed by atoms with Gasteiger partial charge in [0, 0.05) is 11.3 Å². The Morgan fingerprint density at radius 2 is 1.96 bits per heavy atom. The molecule has 1 aromatic heterocycles. The van der Waals surface area contributed by atoms with Gasteiger partial charge in [0.25, 0.3) is 15.9 Å². The summed E-state index contributed by atoms with van der Waals surface area (Å²) in [5.41, 5.74) is 0.521. The van der Waals surface area contributed by atoms with Gasteiger partial charge in [-0.05, 0) is 49.4 Å². The van der Waals surface area contributed by atoms with Crippen molar-refractivity contribution in [2.45, 2.75) is 11.8 Å². The van der Waals surface area contributed by atoms with Gasteiger partial charge in [-0.3, -0.25) is 14.8 Å². The number of rotatable bonds is 7. The van der Waals surface area contributed by atoms with Crippen LogP contribution in [0.25, 0.3) is 0 Å². The topological polar surface area (TPSA) is 126 Å². The molecule has 0 unspecified atom stereocenters. The summed E-state index contributed by atoms with van der Waals surface area (Å²) in [4.78, 5) is 14.9. The van der Waals surface area contributed by atoms with Crippen molar-refractivity contribution >= 4 is 27.6 Å². The number of amides is 1. The molecule has 3 aromatic rings. The van der Waals surface area contributed by atoms with E-state index in [0.29, 0.717) is 12.4 Å². The van der Waals surface area contributed by atoms with Gasteiger partial charge in [-0.2, -0.15) is 0 Å². The Balaban J connectivity index is 1.75. The third kappa shape index (κ3) is 4.61. The van der Waals surface area contributed by atoms with E-state index in [4.69, 9.17) is 4.74 Å². The van der Waals surface area contributed by atoms with Gasteiger partial charge in [0.1, 0.15) is 12.1 Å². The summed E-state index contributed by atoms with van der Waals surface area (Å²) in [5.74, 6) is 0.330. The third-order valence-corrected chi connectivity index (χ3v) is 4.87. The maximum atomic E-state index is 12.5. The molecule has 3 rings (SSSR count). The zero-order chi connectivity index (χ0) is 19.3. The van der Waals surface area contributed by atoms with Gasteiger partial charge in [0.15, 0.2) is 0 Å². The third-order valence-electron chi connectivity index (χ3n) is 3.47. The highest BCUT2D eigenvalue weighted by Crippen LogP contribution is 2.20. The van der Waals surface area contributed by atoms with E-state index in [0.717, 1.165) is 0 Å². The van der Waals surface area contributed by atoms with Gasteiger partial charge in [-0.15, -0.1) is 10.2 Å². The summed E-state index contributed by atoms with van der Waals surface area (Å²) in [6, 6.07) is 12.2. The number of carbonyl (C=O) groups is 1. The number of H-pyrrole nitrogens is 1. The molecule has 140 valence electrons. The number of nitrogens with zero attached hydrogens (tertiary/aromatic N) is 2. The van der Waals surface area contributed by atoms with Crippen molar-refractivity contribution < 1.29 is 17.9 Å². The molecule has 2 aromatic carbocycles. The second kappa shape index (κ2) is 7.87. The van der Waals surface area contributed by atoms with Crippen molar-refractivity contribution in [3.05, 3.63) is 60.4 Å². The number of ether oxygens (including phenoxy) is 1. The Kier molecular flexibility index (Phi) is 5.36. The van der Waals surface area contributed by atoms with E-state index in [1.807, 2.05) is 6.92 Å². The zero-order valence-corrected chi connectivity index (χ0v) is 15.2. The van der Waals surface area contributed by atoms with Gasteiger partial charge in [0.2, 0.25) is 5.95 Å².